The number of allylic oxidation sites excluding steroid dienone is 1. The third-order valence-corrected chi connectivity index (χ3v) is 2.03. The fraction of sp³-hybridized carbons (Fsp3) is 0.333. The van der Waals surface area contributed by atoms with Crippen molar-refractivity contribution in [3.05, 3.63) is 48.2 Å². The normalized spacial score (nSPS) is 12.2. The minimum absolute atomic E-state index is 0.402. The lowest BCUT2D eigenvalue weighted by atomic mass is 10.0. The van der Waals surface area contributed by atoms with Crippen LogP contribution < -0.4 is 5.32 Å². The molecule has 1 heteroatoms. The van der Waals surface area contributed by atoms with Crippen molar-refractivity contribution in [2.24, 2.45) is 0 Å². The van der Waals surface area contributed by atoms with Crippen LogP contribution in [0.15, 0.2) is 42.6 Å². The van der Waals surface area contributed by atoms with Crippen molar-refractivity contribution in [3.63, 3.8) is 0 Å². The summed E-state index contributed by atoms with van der Waals surface area (Å²) in [5, 5.41) is 3.35. The van der Waals surface area contributed by atoms with Crippen molar-refractivity contribution in [2.45, 2.75) is 26.3 Å². The molecule has 1 unspecified atom stereocenters. The molecular weight excluding hydrogens is 158 g/mol. The van der Waals surface area contributed by atoms with Gasteiger partial charge in [-0.25, -0.2) is 0 Å². The van der Waals surface area contributed by atoms with E-state index in [2.05, 4.69) is 43.1 Å². The summed E-state index contributed by atoms with van der Waals surface area (Å²) in [6.45, 7) is 8.02. The molecule has 1 aromatic carbocycles. The molecule has 1 nitrogen and oxygen atoms in total. The van der Waals surface area contributed by atoms with Crippen molar-refractivity contribution in [1.29, 1.82) is 0 Å². The molecule has 0 aliphatic carbocycles. The van der Waals surface area contributed by atoms with Gasteiger partial charge in [0.05, 0.1) is 6.04 Å². The number of nitrogens with one attached hydrogen (secondary N) is 1. The lowest BCUT2D eigenvalue weighted by Gasteiger charge is -2.18. The first kappa shape index (κ1) is 9.85. The molecule has 0 radical (unpaired) electrons. The smallest absolute Gasteiger partial charge is 0.0507 e. The van der Waals surface area contributed by atoms with E-state index in [0.717, 1.165) is 12.1 Å². The van der Waals surface area contributed by atoms with E-state index in [9.17, 15) is 0 Å². The fourth-order valence-electron chi connectivity index (χ4n) is 1.40. The Morgan fingerprint density at radius 2 is 2.00 bits per heavy atom. The number of hydrogen-bond donors (Lipinski definition) is 1. The van der Waals surface area contributed by atoms with E-state index in [1.54, 1.807) is 0 Å². The van der Waals surface area contributed by atoms with Gasteiger partial charge in [0.15, 0.2) is 0 Å². The molecule has 0 aliphatic rings. The van der Waals surface area contributed by atoms with Crippen LogP contribution >= 0.6 is 0 Å². The van der Waals surface area contributed by atoms with E-state index >= 15 is 0 Å². The van der Waals surface area contributed by atoms with Gasteiger partial charge in [-0.2, -0.15) is 0 Å². The van der Waals surface area contributed by atoms with Crippen LogP contribution in [0, 0.1) is 0 Å². The Bertz CT molecular complexity index is 264. The van der Waals surface area contributed by atoms with Crippen LogP contribution in [0.25, 0.3) is 0 Å². The zero-order valence-corrected chi connectivity index (χ0v) is 8.38. The van der Waals surface area contributed by atoms with Crippen molar-refractivity contribution in [2.75, 3.05) is 0 Å². The number of benzene rings is 1. The molecule has 70 valence electrons. The van der Waals surface area contributed by atoms with Crippen molar-refractivity contribution < 1.29 is 0 Å². The second-order valence-electron chi connectivity index (χ2n) is 3.30. The summed E-state index contributed by atoms with van der Waals surface area (Å²) in [4.78, 5) is 0. The Morgan fingerprint density at radius 1 is 1.38 bits per heavy atom. The van der Waals surface area contributed by atoms with Gasteiger partial charge in [-0.05, 0) is 18.9 Å². The molecule has 0 bridgehead atoms. The summed E-state index contributed by atoms with van der Waals surface area (Å²) < 4.78 is 0. The molecule has 0 saturated carbocycles. The molecule has 13 heavy (non-hydrogen) atoms. The maximum absolute atomic E-state index is 3.86. The molecule has 1 aromatic rings. The third kappa shape index (κ3) is 2.94. The molecule has 0 aromatic heterocycles. The minimum atomic E-state index is 0.402. The monoisotopic (exact) mass is 175 g/mol. The highest BCUT2D eigenvalue weighted by atomic mass is 14.9. The van der Waals surface area contributed by atoms with Gasteiger partial charge in [0.25, 0.3) is 0 Å². The van der Waals surface area contributed by atoms with E-state index < -0.39 is 0 Å². The zero-order valence-electron chi connectivity index (χ0n) is 8.38. The Labute approximate surface area is 80.5 Å². The predicted octanol–water partition coefficient (Wildman–Crippen LogP) is 3.26. The second kappa shape index (κ2) is 4.70. The lowest BCUT2D eigenvalue weighted by Crippen LogP contribution is -2.17. The average Bonchev–Trinajstić information content (AvgIpc) is 2.15. The highest BCUT2D eigenvalue weighted by molar-refractivity contribution is 5.19. The maximum atomic E-state index is 3.86. The molecule has 1 N–H and O–H groups in total. The van der Waals surface area contributed by atoms with Gasteiger partial charge in [0, 0.05) is 5.70 Å². The van der Waals surface area contributed by atoms with Gasteiger partial charge < -0.3 is 5.32 Å². The van der Waals surface area contributed by atoms with Crippen LogP contribution in [0.4, 0.5) is 0 Å². The first-order valence-electron chi connectivity index (χ1n) is 4.71. The Hall–Kier alpha value is -1.24. The summed E-state index contributed by atoms with van der Waals surface area (Å²) in [5.74, 6) is 0. The summed E-state index contributed by atoms with van der Waals surface area (Å²) >= 11 is 0. The topological polar surface area (TPSA) is 12.0 Å². The first-order chi connectivity index (χ1) is 6.24. The van der Waals surface area contributed by atoms with Crippen LogP contribution in [0.3, 0.4) is 0 Å². The van der Waals surface area contributed by atoms with E-state index in [0.29, 0.717) is 6.04 Å². The standard InChI is InChI=1S/C12H17N/c1-4-12(13-10(2)3)11-8-6-5-7-9-11/h5-9,12-13H,2,4H2,1,3H3. The van der Waals surface area contributed by atoms with Gasteiger partial charge >= 0.3 is 0 Å². The molecule has 1 rings (SSSR count). The van der Waals surface area contributed by atoms with Gasteiger partial charge in [0.2, 0.25) is 0 Å². The maximum Gasteiger partial charge on any atom is 0.0507 e. The van der Waals surface area contributed by atoms with Crippen LogP contribution in [-0.4, -0.2) is 0 Å². The van der Waals surface area contributed by atoms with E-state index in [-0.39, 0.29) is 0 Å². The second-order valence-corrected chi connectivity index (χ2v) is 3.30. The Morgan fingerprint density at radius 3 is 2.46 bits per heavy atom. The molecule has 0 fully saturated rings. The van der Waals surface area contributed by atoms with E-state index in [1.807, 2.05) is 13.0 Å². The molecule has 0 amide bonds. The number of hydrogen-bond acceptors (Lipinski definition) is 1. The SMILES string of the molecule is C=C(C)NC(CC)c1ccccc1. The summed E-state index contributed by atoms with van der Waals surface area (Å²) in [6, 6.07) is 10.9. The number of rotatable bonds is 4. The molecule has 0 spiro atoms. The molecule has 0 saturated heterocycles. The first-order valence-corrected chi connectivity index (χ1v) is 4.71. The lowest BCUT2D eigenvalue weighted by molar-refractivity contribution is 0.581. The van der Waals surface area contributed by atoms with E-state index in [4.69, 9.17) is 0 Å². The molecule has 1 atom stereocenters. The van der Waals surface area contributed by atoms with Crippen molar-refractivity contribution >= 4 is 0 Å². The van der Waals surface area contributed by atoms with Gasteiger partial charge in [0.1, 0.15) is 0 Å². The zero-order chi connectivity index (χ0) is 9.68. The fourth-order valence-corrected chi connectivity index (χ4v) is 1.40. The Kier molecular flexibility index (Phi) is 3.56. The van der Waals surface area contributed by atoms with Crippen molar-refractivity contribution in [3.8, 4) is 0 Å². The van der Waals surface area contributed by atoms with Gasteiger partial charge in [-0.15, -0.1) is 0 Å². The Balaban J connectivity index is 2.73. The highest BCUT2D eigenvalue weighted by Gasteiger charge is 2.06. The highest BCUT2D eigenvalue weighted by Crippen LogP contribution is 2.16. The van der Waals surface area contributed by atoms with Crippen LogP contribution in [0.5, 0.6) is 0 Å². The average molecular weight is 175 g/mol. The van der Waals surface area contributed by atoms with Crippen molar-refractivity contribution in [1.82, 2.24) is 5.32 Å². The molecule has 0 aliphatic heterocycles. The quantitative estimate of drug-likeness (QED) is 0.740. The predicted molar refractivity (Wildman–Crippen MR) is 57.4 cm³/mol. The summed E-state index contributed by atoms with van der Waals surface area (Å²) in [5.41, 5.74) is 2.35. The van der Waals surface area contributed by atoms with Crippen LogP contribution in [0.1, 0.15) is 31.9 Å². The van der Waals surface area contributed by atoms with Crippen LogP contribution in [0.2, 0.25) is 0 Å². The summed E-state index contributed by atoms with van der Waals surface area (Å²) in [6.07, 6.45) is 1.08. The largest absolute Gasteiger partial charge is 0.382 e. The molecule has 0 heterocycles. The van der Waals surface area contributed by atoms with E-state index in [1.165, 1.54) is 5.56 Å². The van der Waals surface area contributed by atoms with Gasteiger partial charge in [-0.1, -0.05) is 43.8 Å². The minimum Gasteiger partial charge on any atom is -0.382 e. The third-order valence-electron chi connectivity index (χ3n) is 2.03. The van der Waals surface area contributed by atoms with Crippen LogP contribution in [-0.2, 0) is 0 Å². The summed E-state index contributed by atoms with van der Waals surface area (Å²) in [7, 11) is 0. The molecular formula is C12H17N. The van der Waals surface area contributed by atoms with Gasteiger partial charge in [-0.3, -0.25) is 0 Å².